The van der Waals surface area contributed by atoms with E-state index in [-0.39, 0.29) is 5.56 Å². The van der Waals surface area contributed by atoms with Crippen LogP contribution in [0.15, 0.2) is 36.4 Å². The van der Waals surface area contributed by atoms with Gasteiger partial charge in [0.1, 0.15) is 0 Å². The summed E-state index contributed by atoms with van der Waals surface area (Å²) in [4.78, 5) is 0. The Bertz CT molecular complexity index is 621. The van der Waals surface area contributed by atoms with Gasteiger partial charge in [-0.3, -0.25) is 0 Å². The normalized spacial score (nSPS) is 12.7. The Hall–Kier alpha value is -1.81. The van der Waals surface area contributed by atoms with E-state index in [1.807, 2.05) is 24.3 Å². The van der Waals surface area contributed by atoms with Gasteiger partial charge in [-0.05, 0) is 30.2 Å². The summed E-state index contributed by atoms with van der Waals surface area (Å²) in [5.74, 6) is -3.37. The highest BCUT2D eigenvalue weighted by molar-refractivity contribution is 5.35. The highest BCUT2D eigenvalue weighted by atomic mass is 19.2. The van der Waals surface area contributed by atoms with Crippen molar-refractivity contribution >= 4 is 0 Å². The molecule has 2 aromatic rings. The smallest absolute Gasteiger partial charge is 0.194 e. The molecule has 0 aromatic heterocycles. The summed E-state index contributed by atoms with van der Waals surface area (Å²) >= 11 is 0. The van der Waals surface area contributed by atoms with Crippen molar-refractivity contribution < 1.29 is 13.2 Å². The van der Waals surface area contributed by atoms with Gasteiger partial charge in [0.05, 0.1) is 6.04 Å². The second-order valence-corrected chi connectivity index (χ2v) is 5.31. The van der Waals surface area contributed by atoms with Crippen LogP contribution in [0.4, 0.5) is 13.2 Å². The Kier molecular flexibility index (Phi) is 4.68. The molecule has 0 spiro atoms. The summed E-state index contributed by atoms with van der Waals surface area (Å²) in [6.45, 7) is 4.17. The van der Waals surface area contributed by atoms with Crippen LogP contribution in [-0.4, -0.2) is 7.05 Å². The van der Waals surface area contributed by atoms with Crippen molar-refractivity contribution in [3.8, 4) is 0 Å². The van der Waals surface area contributed by atoms with Crippen LogP contribution >= 0.6 is 0 Å². The molecule has 1 nitrogen and oxygen atoms in total. The van der Waals surface area contributed by atoms with Gasteiger partial charge in [-0.25, -0.2) is 13.2 Å². The van der Waals surface area contributed by atoms with Gasteiger partial charge in [0, 0.05) is 5.56 Å². The maximum Gasteiger partial charge on any atom is 0.194 e. The topological polar surface area (TPSA) is 12.0 Å². The van der Waals surface area contributed by atoms with E-state index < -0.39 is 23.5 Å². The van der Waals surface area contributed by atoms with Crippen LogP contribution in [0.25, 0.3) is 0 Å². The molecule has 1 atom stereocenters. The van der Waals surface area contributed by atoms with Crippen molar-refractivity contribution in [2.45, 2.75) is 25.8 Å². The fourth-order valence-electron chi connectivity index (χ4n) is 2.34. The molecule has 4 heteroatoms. The van der Waals surface area contributed by atoms with E-state index in [2.05, 4.69) is 19.2 Å². The average molecular weight is 293 g/mol. The highest BCUT2D eigenvalue weighted by Gasteiger charge is 2.21. The summed E-state index contributed by atoms with van der Waals surface area (Å²) in [5, 5.41) is 2.94. The molecule has 1 unspecified atom stereocenters. The first-order valence-electron chi connectivity index (χ1n) is 6.86. The predicted molar refractivity (Wildman–Crippen MR) is 77.7 cm³/mol. The number of benzene rings is 2. The summed E-state index contributed by atoms with van der Waals surface area (Å²) in [6.07, 6.45) is 0. The molecule has 0 saturated carbocycles. The third kappa shape index (κ3) is 3.10. The molecule has 112 valence electrons. The molecule has 0 aliphatic rings. The van der Waals surface area contributed by atoms with E-state index in [9.17, 15) is 13.2 Å². The minimum Gasteiger partial charge on any atom is -0.309 e. The molecule has 0 aliphatic heterocycles. The molecule has 0 radical (unpaired) electrons. The molecule has 2 rings (SSSR count). The van der Waals surface area contributed by atoms with Crippen LogP contribution in [0, 0.1) is 17.5 Å². The van der Waals surface area contributed by atoms with Crippen molar-refractivity contribution in [1.82, 2.24) is 5.32 Å². The zero-order valence-corrected chi connectivity index (χ0v) is 12.3. The number of halogens is 3. The summed E-state index contributed by atoms with van der Waals surface area (Å²) in [7, 11) is 1.65. The number of rotatable bonds is 4. The zero-order valence-electron chi connectivity index (χ0n) is 12.3. The lowest BCUT2D eigenvalue weighted by atomic mass is 9.95. The molecule has 1 N–H and O–H groups in total. The second-order valence-electron chi connectivity index (χ2n) is 5.31. The van der Waals surface area contributed by atoms with Crippen LogP contribution in [0.3, 0.4) is 0 Å². The molecule has 0 heterocycles. The molecule has 0 fully saturated rings. The molecule has 21 heavy (non-hydrogen) atoms. The Balaban J connectivity index is 2.42. The van der Waals surface area contributed by atoms with Crippen LogP contribution in [-0.2, 0) is 0 Å². The zero-order chi connectivity index (χ0) is 15.6. The minimum absolute atomic E-state index is 0.0914. The van der Waals surface area contributed by atoms with Crippen molar-refractivity contribution in [3.63, 3.8) is 0 Å². The summed E-state index contributed by atoms with van der Waals surface area (Å²) < 4.78 is 40.4. The molecular weight excluding hydrogens is 275 g/mol. The van der Waals surface area contributed by atoms with E-state index in [1.54, 1.807) is 7.05 Å². The van der Waals surface area contributed by atoms with Crippen LogP contribution in [0.2, 0.25) is 0 Å². The van der Waals surface area contributed by atoms with E-state index in [0.717, 1.165) is 11.6 Å². The largest absolute Gasteiger partial charge is 0.309 e. The Morgan fingerprint density at radius 2 is 1.38 bits per heavy atom. The quantitative estimate of drug-likeness (QED) is 0.816. The summed E-state index contributed by atoms with van der Waals surface area (Å²) in [5.41, 5.74) is 2.06. The van der Waals surface area contributed by atoms with Crippen LogP contribution in [0.5, 0.6) is 0 Å². The molecule has 0 amide bonds. The van der Waals surface area contributed by atoms with Gasteiger partial charge in [-0.1, -0.05) is 44.2 Å². The summed E-state index contributed by atoms with van der Waals surface area (Å²) in [6, 6.07) is 9.35. The van der Waals surface area contributed by atoms with Gasteiger partial charge in [-0.2, -0.15) is 0 Å². The Labute approximate surface area is 122 Å². The van der Waals surface area contributed by atoms with E-state index in [1.165, 1.54) is 11.6 Å². The molecular formula is C17H18F3N. The van der Waals surface area contributed by atoms with Gasteiger partial charge >= 0.3 is 0 Å². The molecule has 2 aromatic carbocycles. The van der Waals surface area contributed by atoms with Crippen molar-refractivity contribution in [2.75, 3.05) is 7.05 Å². The third-order valence-electron chi connectivity index (χ3n) is 3.60. The van der Waals surface area contributed by atoms with Crippen LogP contribution < -0.4 is 5.32 Å². The minimum atomic E-state index is -1.44. The molecule has 0 aliphatic carbocycles. The van der Waals surface area contributed by atoms with Gasteiger partial charge in [0.2, 0.25) is 0 Å². The lowest BCUT2D eigenvalue weighted by Crippen LogP contribution is -2.19. The monoisotopic (exact) mass is 293 g/mol. The van der Waals surface area contributed by atoms with Gasteiger partial charge in [0.25, 0.3) is 0 Å². The maximum absolute atomic E-state index is 13.9. The van der Waals surface area contributed by atoms with E-state index in [4.69, 9.17) is 0 Å². The average Bonchev–Trinajstić information content (AvgIpc) is 2.48. The highest BCUT2D eigenvalue weighted by Crippen LogP contribution is 2.27. The predicted octanol–water partition coefficient (Wildman–Crippen LogP) is 4.54. The molecule has 0 saturated heterocycles. The second kappa shape index (κ2) is 6.31. The first-order chi connectivity index (χ1) is 9.95. The number of hydrogen-bond acceptors (Lipinski definition) is 1. The third-order valence-corrected chi connectivity index (χ3v) is 3.60. The first-order valence-corrected chi connectivity index (χ1v) is 6.86. The van der Waals surface area contributed by atoms with Gasteiger partial charge < -0.3 is 5.32 Å². The maximum atomic E-state index is 13.9. The molecule has 0 bridgehead atoms. The lowest BCUT2D eigenvalue weighted by molar-refractivity contribution is 0.435. The Morgan fingerprint density at radius 1 is 0.810 bits per heavy atom. The number of hydrogen-bond donors (Lipinski definition) is 1. The van der Waals surface area contributed by atoms with Gasteiger partial charge in [0.15, 0.2) is 17.5 Å². The van der Waals surface area contributed by atoms with Crippen LogP contribution in [0.1, 0.15) is 42.5 Å². The fraction of sp³-hybridized carbons (Fsp3) is 0.294. The van der Waals surface area contributed by atoms with E-state index in [0.29, 0.717) is 5.92 Å². The first kappa shape index (κ1) is 15.6. The lowest BCUT2D eigenvalue weighted by Gasteiger charge is -2.19. The van der Waals surface area contributed by atoms with Gasteiger partial charge in [-0.15, -0.1) is 0 Å². The van der Waals surface area contributed by atoms with Crippen molar-refractivity contribution in [2.24, 2.45) is 0 Å². The standard InChI is InChI=1S/C17H18F3N/c1-10(2)11-4-6-12(7-5-11)17(21-3)13-8-9-14(18)16(20)15(13)19/h4-10,17,21H,1-3H3. The number of nitrogens with one attached hydrogen (secondary N) is 1. The van der Waals surface area contributed by atoms with Crippen molar-refractivity contribution in [3.05, 3.63) is 70.5 Å². The van der Waals surface area contributed by atoms with E-state index >= 15 is 0 Å². The fourth-order valence-corrected chi connectivity index (χ4v) is 2.34. The SMILES string of the molecule is CNC(c1ccc(C(C)C)cc1)c1ccc(F)c(F)c1F. The Morgan fingerprint density at radius 3 is 1.90 bits per heavy atom. The van der Waals surface area contributed by atoms with Crippen molar-refractivity contribution in [1.29, 1.82) is 0 Å².